The van der Waals surface area contributed by atoms with Gasteiger partial charge in [0.25, 0.3) is 0 Å². The van der Waals surface area contributed by atoms with Crippen LogP contribution < -0.4 is 5.73 Å². The summed E-state index contributed by atoms with van der Waals surface area (Å²) in [6, 6.07) is 0. The van der Waals surface area contributed by atoms with Crippen molar-refractivity contribution in [2.75, 3.05) is 12.3 Å². The van der Waals surface area contributed by atoms with Gasteiger partial charge in [-0.05, 0) is 20.8 Å². The predicted octanol–water partition coefficient (Wildman–Crippen LogP) is 1.91. The highest BCUT2D eigenvalue weighted by atomic mass is 16.5. The molecular weight excluding hydrogens is 268 g/mol. The van der Waals surface area contributed by atoms with Crippen LogP contribution in [-0.4, -0.2) is 27.3 Å². The van der Waals surface area contributed by atoms with Crippen molar-refractivity contribution in [2.24, 2.45) is 0 Å². The molecule has 2 aromatic rings. The Morgan fingerprint density at radius 3 is 2.95 bits per heavy atom. The van der Waals surface area contributed by atoms with Crippen molar-refractivity contribution in [1.29, 1.82) is 0 Å². The number of aromatic nitrogens is 3. The van der Waals surface area contributed by atoms with Gasteiger partial charge < -0.3 is 10.5 Å². The van der Waals surface area contributed by atoms with Gasteiger partial charge in [-0.2, -0.15) is 5.10 Å². The lowest BCUT2D eigenvalue weighted by Crippen LogP contribution is -2.12. The topological polar surface area (TPSA) is 83.0 Å². The third-order valence-electron chi connectivity index (χ3n) is 3.11. The van der Waals surface area contributed by atoms with Crippen molar-refractivity contribution < 1.29 is 9.53 Å². The van der Waals surface area contributed by atoms with Crippen LogP contribution in [0.4, 0.5) is 5.69 Å². The summed E-state index contributed by atoms with van der Waals surface area (Å²) in [5.41, 5.74) is 7.98. The maximum Gasteiger partial charge on any atom is 0.342 e. The van der Waals surface area contributed by atoms with Gasteiger partial charge in [-0.15, -0.1) is 11.8 Å². The van der Waals surface area contributed by atoms with Crippen LogP contribution in [0.5, 0.6) is 0 Å². The number of pyridine rings is 1. The molecule has 0 aromatic carbocycles. The quantitative estimate of drug-likeness (QED) is 0.685. The van der Waals surface area contributed by atoms with Crippen LogP contribution in [0, 0.1) is 18.8 Å². The summed E-state index contributed by atoms with van der Waals surface area (Å²) in [5, 5.41) is 4.93. The highest BCUT2D eigenvalue weighted by Gasteiger charge is 2.20. The van der Waals surface area contributed by atoms with E-state index in [1.54, 1.807) is 31.6 Å². The zero-order chi connectivity index (χ0) is 15.4. The number of ether oxygens (including phenoxy) is 1. The predicted molar refractivity (Wildman–Crippen MR) is 80.7 cm³/mol. The molecule has 0 saturated carbocycles. The van der Waals surface area contributed by atoms with Crippen molar-refractivity contribution in [3.8, 4) is 11.8 Å². The van der Waals surface area contributed by atoms with Gasteiger partial charge in [0.2, 0.25) is 0 Å². The molecule has 0 spiro atoms. The maximum absolute atomic E-state index is 12.0. The lowest BCUT2D eigenvalue weighted by molar-refractivity contribution is 0.0526. The van der Waals surface area contributed by atoms with E-state index in [0.29, 0.717) is 47.6 Å². The molecule has 0 aliphatic carbocycles. The van der Waals surface area contributed by atoms with Crippen LogP contribution in [0.15, 0.2) is 6.20 Å². The second-order valence-corrected chi connectivity index (χ2v) is 4.49. The fourth-order valence-electron chi connectivity index (χ4n) is 2.14. The molecule has 0 amide bonds. The molecule has 6 heteroatoms. The van der Waals surface area contributed by atoms with Crippen LogP contribution in [0.25, 0.3) is 11.0 Å². The van der Waals surface area contributed by atoms with E-state index in [4.69, 9.17) is 10.5 Å². The molecule has 21 heavy (non-hydrogen) atoms. The zero-order valence-corrected chi connectivity index (χ0v) is 12.4. The highest BCUT2D eigenvalue weighted by Crippen LogP contribution is 2.26. The van der Waals surface area contributed by atoms with Crippen LogP contribution >= 0.6 is 0 Å². The third-order valence-corrected chi connectivity index (χ3v) is 3.11. The number of carbonyl (C=O) groups is 1. The van der Waals surface area contributed by atoms with Crippen molar-refractivity contribution in [1.82, 2.24) is 14.8 Å². The minimum Gasteiger partial charge on any atom is -0.462 e. The Bertz CT molecular complexity index is 737. The third kappa shape index (κ3) is 2.82. The molecule has 2 heterocycles. The normalized spacial score (nSPS) is 10.2. The van der Waals surface area contributed by atoms with Crippen molar-refractivity contribution >= 4 is 22.7 Å². The van der Waals surface area contributed by atoms with Crippen LogP contribution in [0.1, 0.15) is 36.3 Å². The number of aryl methyl sites for hydroxylation is 2. The fourth-order valence-corrected chi connectivity index (χ4v) is 2.14. The van der Waals surface area contributed by atoms with Gasteiger partial charge in [0.15, 0.2) is 5.65 Å². The molecule has 0 fully saturated rings. The first-order valence-electron chi connectivity index (χ1n) is 6.78. The lowest BCUT2D eigenvalue weighted by Gasteiger charge is -2.09. The van der Waals surface area contributed by atoms with Crippen LogP contribution in [0.2, 0.25) is 0 Å². The summed E-state index contributed by atoms with van der Waals surface area (Å²) in [7, 11) is 0. The Morgan fingerprint density at radius 2 is 2.29 bits per heavy atom. The number of carbonyl (C=O) groups excluding carboxylic acids is 1. The summed E-state index contributed by atoms with van der Waals surface area (Å²) >= 11 is 0. The summed E-state index contributed by atoms with van der Waals surface area (Å²) in [5.74, 6) is 5.37. The minimum atomic E-state index is -0.452. The van der Waals surface area contributed by atoms with Gasteiger partial charge >= 0.3 is 5.97 Å². The van der Waals surface area contributed by atoms with E-state index in [1.807, 2.05) is 0 Å². The van der Waals surface area contributed by atoms with E-state index < -0.39 is 5.97 Å². The van der Waals surface area contributed by atoms with E-state index in [2.05, 4.69) is 21.9 Å². The van der Waals surface area contributed by atoms with Crippen molar-refractivity contribution in [2.45, 2.75) is 33.7 Å². The summed E-state index contributed by atoms with van der Waals surface area (Å²) in [4.78, 5) is 16.4. The number of nitrogens with two attached hydrogens (primary N) is 1. The van der Waals surface area contributed by atoms with Crippen LogP contribution in [0.3, 0.4) is 0 Å². The smallest absolute Gasteiger partial charge is 0.342 e. The van der Waals surface area contributed by atoms with Crippen molar-refractivity contribution in [3.63, 3.8) is 0 Å². The molecule has 0 aliphatic heterocycles. The van der Waals surface area contributed by atoms with E-state index in [0.717, 1.165) is 0 Å². The van der Waals surface area contributed by atoms with Gasteiger partial charge in [-0.25, -0.2) is 14.5 Å². The first kappa shape index (κ1) is 14.9. The van der Waals surface area contributed by atoms with Gasteiger partial charge in [0, 0.05) is 6.42 Å². The van der Waals surface area contributed by atoms with E-state index >= 15 is 0 Å². The molecule has 0 aliphatic rings. The molecule has 2 rings (SSSR count). The maximum atomic E-state index is 12.0. The number of fused-ring (bicyclic) bond motifs is 1. The Morgan fingerprint density at radius 1 is 1.52 bits per heavy atom. The number of hydrogen-bond acceptors (Lipinski definition) is 5. The van der Waals surface area contributed by atoms with E-state index in [9.17, 15) is 4.79 Å². The van der Waals surface area contributed by atoms with Crippen molar-refractivity contribution in [3.05, 3.63) is 17.5 Å². The first-order chi connectivity index (χ1) is 10.1. The number of anilines is 1. The minimum absolute atomic E-state index is 0.296. The SMILES string of the molecule is CC#CCCn1ncc2c(N)c(C(=O)OCC)c(C)nc21. The van der Waals surface area contributed by atoms with Crippen LogP contribution in [-0.2, 0) is 11.3 Å². The number of nitrogen functional groups attached to an aromatic ring is 1. The average molecular weight is 286 g/mol. The number of hydrogen-bond donors (Lipinski definition) is 1. The van der Waals surface area contributed by atoms with E-state index in [1.165, 1.54) is 0 Å². The van der Waals surface area contributed by atoms with Gasteiger partial charge in [-0.1, -0.05) is 0 Å². The molecule has 110 valence electrons. The van der Waals surface area contributed by atoms with Gasteiger partial charge in [0.05, 0.1) is 36.1 Å². The Labute approximate surface area is 123 Å². The fraction of sp³-hybridized carbons (Fsp3) is 0.400. The van der Waals surface area contributed by atoms with E-state index in [-0.39, 0.29) is 0 Å². The largest absolute Gasteiger partial charge is 0.462 e. The number of rotatable bonds is 4. The molecule has 0 radical (unpaired) electrons. The summed E-state index contributed by atoms with van der Waals surface area (Å²) < 4.78 is 6.77. The molecule has 0 saturated heterocycles. The molecule has 6 nitrogen and oxygen atoms in total. The molecule has 2 aromatic heterocycles. The highest BCUT2D eigenvalue weighted by molar-refractivity contribution is 6.04. The Hall–Kier alpha value is -2.55. The van der Waals surface area contributed by atoms with Gasteiger partial charge in [-0.3, -0.25) is 0 Å². The molecule has 2 N–H and O–H groups in total. The number of nitrogens with zero attached hydrogens (tertiary/aromatic N) is 3. The molecule has 0 unspecified atom stereocenters. The second kappa shape index (κ2) is 6.27. The lowest BCUT2D eigenvalue weighted by atomic mass is 10.1. The standard InChI is InChI=1S/C15H18N4O2/c1-4-6-7-8-19-14-11(9-17-19)13(16)12(10(3)18-14)15(20)21-5-2/h9H,5,7-8H2,1-3H3,(H2,16,18). The Kier molecular flexibility index (Phi) is 4.43. The average Bonchev–Trinajstić information content (AvgIpc) is 2.83. The molecular formula is C15H18N4O2. The first-order valence-corrected chi connectivity index (χ1v) is 6.78. The molecule has 0 bridgehead atoms. The summed E-state index contributed by atoms with van der Waals surface area (Å²) in [6.45, 7) is 6.22. The number of esters is 1. The summed E-state index contributed by atoms with van der Waals surface area (Å²) in [6.07, 6.45) is 2.31. The van der Waals surface area contributed by atoms with Gasteiger partial charge in [0.1, 0.15) is 5.56 Å². The monoisotopic (exact) mass is 286 g/mol. The second-order valence-electron chi connectivity index (χ2n) is 4.49. The zero-order valence-electron chi connectivity index (χ0n) is 12.4. The molecule has 0 atom stereocenters. The Balaban J connectivity index is 2.48.